The van der Waals surface area contributed by atoms with Crippen molar-refractivity contribution in [2.45, 2.75) is 64.6 Å². The minimum absolute atomic E-state index is 0.00657. The van der Waals surface area contributed by atoms with Gasteiger partial charge in [-0.15, -0.1) is 0 Å². The van der Waals surface area contributed by atoms with Crippen LogP contribution in [0.3, 0.4) is 0 Å². The van der Waals surface area contributed by atoms with Crippen molar-refractivity contribution in [1.82, 2.24) is 0 Å². The number of aliphatic hydroxyl groups is 1. The average molecular weight is 473 g/mol. The van der Waals surface area contributed by atoms with Gasteiger partial charge in [0.1, 0.15) is 28.9 Å². The average Bonchev–Trinajstić information content (AvgIpc) is 2.73. The number of phenols is 4. The summed E-state index contributed by atoms with van der Waals surface area (Å²) in [5.41, 5.74) is 0.965. The molecule has 1 heterocycles. The highest BCUT2D eigenvalue weighted by Gasteiger charge is 2.33. The number of rotatable bonds is 8. The number of hydrogen-bond donors (Lipinski definition) is 5. The van der Waals surface area contributed by atoms with Crippen LogP contribution in [0.4, 0.5) is 0 Å². The number of carbonyl (C=O) groups is 1. The van der Waals surface area contributed by atoms with Crippen LogP contribution in [0.15, 0.2) is 29.8 Å². The molecule has 8 nitrogen and oxygen atoms in total. The van der Waals surface area contributed by atoms with Gasteiger partial charge < -0.3 is 35.0 Å². The molecule has 1 atom stereocenters. The first kappa shape index (κ1) is 25.2. The van der Waals surface area contributed by atoms with Crippen LogP contribution >= 0.6 is 0 Å². The molecule has 0 radical (unpaired) electrons. The number of benzene rings is 2. The Labute approximate surface area is 198 Å². The summed E-state index contributed by atoms with van der Waals surface area (Å²) in [6.07, 6.45) is 3.44. The quantitative estimate of drug-likeness (QED) is 0.276. The Morgan fingerprint density at radius 3 is 2.50 bits per heavy atom. The molecular formula is C26H32O8. The third-order valence-corrected chi connectivity index (χ3v) is 5.95. The number of fused-ring (bicyclic) bond motifs is 1. The minimum atomic E-state index is -0.803. The van der Waals surface area contributed by atoms with Crippen molar-refractivity contribution in [1.29, 1.82) is 0 Å². The van der Waals surface area contributed by atoms with E-state index >= 15 is 0 Å². The highest BCUT2D eigenvalue weighted by atomic mass is 16.5. The van der Waals surface area contributed by atoms with Crippen molar-refractivity contribution >= 4 is 5.78 Å². The van der Waals surface area contributed by atoms with Crippen molar-refractivity contribution in [2.75, 3.05) is 7.11 Å². The fourth-order valence-electron chi connectivity index (χ4n) is 4.02. The molecule has 0 fully saturated rings. The molecule has 1 aliphatic rings. The third-order valence-electron chi connectivity index (χ3n) is 5.95. The Balaban J connectivity index is 1.83. The van der Waals surface area contributed by atoms with Gasteiger partial charge in [0.15, 0.2) is 17.3 Å². The van der Waals surface area contributed by atoms with E-state index in [1.807, 2.05) is 13.0 Å². The number of Topliss-reactive ketones (excluding diaryl/α,β-unsaturated/α-hetero) is 1. The lowest BCUT2D eigenvalue weighted by Crippen LogP contribution is -2.21. The van der Waals surface area contributed by atoms with Crippen molar-refractivity contribution in [3.63, 3.8) is 0 Å². The van der Waals surface area contributed by atoms with Gasteiger partial charge >= 0.3 is 0 Å². The molecule has 0 saturated heterocycles. The van der Waals surface area contributed by atoms with Gasteiger partial charge in [0.25, 0.3) is 0 Å². The Morgan fingerprint density at radius 2 is 1.85 bits per heavy atom. The van der Waals surface area contributed by atoms with E-state index in [4.69, 9.17) is 9.47 Å². The molecular weight excluding hydrogens is 440 g/mol. The predicted molar refractivity (Wildman–Crippen MR) is 126 cm³/mol. The molecule has 0 saturated carbocycles. The van der Waals surface area contributed by atoms with E-state index < -0.39 is 23.2 Å². The van der Waals surface area contributed by atoms with Gasteiger partial charge in [-0.2, -0.15) is 0 Å². The highest BCUT2D eigenvalue weighted by molar-refractivity contribution is 6.03. The fraction of sp³-hybridized carbons (Fsp3) is 0.423. The van der Waals surface area contributed by atoms with Crippen molar-refractivity contribution in [3.8, 4) is 34.5 Å². The molecule has 2 aromatic carbocycles. The number of aromatic hydroxyl groups is 4. The van der Waals surface area contributed by atoms with Crippen LogP contribution in [0.1, 0.15) is 74.0 Å². The number of methoxy groups -OCH3 is 1. The number of ether oxygens (including phenoxy) is 2. The van der Waals surface area contributed by atoms with E-state index in [9.17, 15) is 30.3 Å². The molecule has 0 spiro atoms. The van der Waals surface area contributed by atoms with E-state index in [2.05, 4.69) is 0 Å². The Kier molecular flexibility index (Phi) is 7.31. The largest absolute Gasteiger partial charge is 0.507 e. The smallest absolute Gasteiger partial charge is 0.200 e. The normalized spacial score (nSPS) is 16.2. The lowest BCUT2D eigenvalue weighted by Gasteiger charge is -2.27. The molecule has 34 heavy (non-hydrogen) atoms. The molecule has 2 aromatic rings. The van der Waals surface area contributed by atoms with Gasteiger partial charge in [-0.25, -0.2) is 0 Å². The van der Waals surface area contributed by atoms with E-state index in [0.717, 1.165) is 18.4 Å². The molecule has 0 aliphatic carbocycles. The molecule has 3 rings (SSSR count). The number of allylic oxidation sites excluding steroid dienone is 2. The van der Waals surface area contributed by atoms with Crippen LogP contribution in [0.5, 0.6) is 34.5 Å². The monoisotopic (exact) mass is 472 g/mol. The molecule has 5 N–H and O–H groups in total. The van der Waals surface area contributed by atoms with Gasteiger partial charge in [0, 0.05) is 17.2 Å². The second-order valence-electron chi connectivity index (χ2n) is 9.34. The van der Waals surface area contributed by atoms with Crippen LogP contribution < -0.4 is 9.47 Å². The summed E-state index contributed by atoms with van der Waals surface area (Å²) < 4.78 is 10.9. The highest BCUT2D eigenvalue weighted by Crippen LogP contribution is 2.46. The van der Waals surface area contributed by atoms with Gasteiger partial charge in [-0.1, -0.05) is 11.6 Å². The predicted octanol–water partition coefficient (Wildman–Crippen LogP) is 4.65. The molecule has 8 heteroatoms. The van der Waals surface area contributed by atoms with E-state index in [-0.39, 0.29) is 52.7 Å². The van der Waals surface area contributed by atoms with Crippen LogP contribution in [-0.2, 0) is 6.42 Å². The SMILES string of the molecule is COc1cc(C2CC(=O)c3c(cc(O)c(C/C=C(\C)CCCC(C)(C)O)c3O)O2)cc(O)c1O. The van der Waals surface area contributed by atoms with Crippen molar-refractivity contribution < 1.29 is 39.8 Å². The van der Waals surface area contributed by atoms with Gasteiger partial charge in [0.05, 0.1) is 19.1 Å². The number of hydrogen-bond acceptors (Lipinski definition) is 8. The van der Waals surface area contributed by atoms with Crippen LogP contribution in [0, 0.1) is 0 Å². The first-order valence-electron chi connectivity index (χ1n) is 11.2. The maximum atomic E-state index is 12.9. The van der Waals surface area contributed by atoms with Gasteiger partial charge in [-0.3, -0.25) is 4.79 Å². The molecule has 1 aliphatic heterocycles. The number of ketones is 1. The minimum Gasteiger partial charge on any atom is -0.507 e. The third kappa shape index (κ3) is 5.56. The molecule has 0 bridgehead atoms. The molecule has 0 amide bonds. The lowest BCUT2D eigenvalue weighted by atomic mass is 9.92. The summed E-state index contributed by atoms with van der Waals surface area (Å²) >= 11 is 0. The van der Waals surface area contributed by atoms with Crippen molar-refractivity contribution in [2.24, 2.45) is 0 Å². The number of carbonyl (C=O) groups excluding carboxylic acids is 1. The van der Waals surface area contributed by atoms with Crippen LogP contribution in [-0.4, -0.2) is 44.0 Å². The van der Waals surface area contributed by atoms with Crippen LogP contribution in [0.2, 0.25) is 0 Å². The Morgan fingerprint density at radius 1 is 1.15 bits per heavy atom. The first-order valence-corrected chi connectivity index (χ1v) is 11.2. The number of phenolic OH excluding ortho intramolecular Hbond substituents is 4. The summed E-state index contributed by atoms with van der Waals surface area (Å²) in [6, 6.07) is 4.04. The van der Waals surface area contributed by atoms with Crippen LogP contribution in [0.25, 0.3) is 0 Å². The fourth-order valence-corrected chi connectivity index (χ4v) is 4.02. The standard InChI is InChI=1S/C26H32O8/c1-14(6-5-9-26(2,3)32)7-8-16-17(27)12-21-23(24(16)30)18(28)13-20(34-21)15-10-19(29)25(31)22(11-15)33-4/h7,10-12,20,27,29-32H,5-6,8-9,13H2,1-4H3/b14-7+. The summed E-state index contributed by atoms with van der Waals surface area (Å²) in [5, 5.41) is 51.0. The Hall–Kier alpha value is -3.39. The van der Waals surface area contributed by atoms with Gasteiger partial charge in [-0.05, 0) is 58.6 Å². The lowest BCUT2D eigenvalue weighted by molar-refractivity contribution is 0.0689. The van der Waals surface area contributed by atoms with E-state index in [1.165, 1.54) is 25.3 Å². The first-order chi connectivity index (χ1) is 15.9. The maximum Gasteiger partial charge on any atom is 0.200 e. The molecule has 184 valence electrons. The van der Waals surface area contributed by atoms with E-state index in [1.54, 1.807) is 13.8 Å². The zero-order valence-electron chi connectivity index (χ0n) is 19.9. The van der Waals surface area contributed by atoms with Crippen molar-refractivity contribution in [3.05, 3.63) is 46.5 Å². The summed E-state index contributed by atoms with van der Waals surface area (Å²) in [6.45, 7) is 5.47. The van der Waals surface area contributed by atoms with Gasteiger partial charge in [0.2, 0.25) is 5.75 Å². The summed E-state index contributed by atoms with van der Waals surface area (Å²) in [7, 11) is 1.33. The second kappa shape index (κ2) is 9.85. The summed E-state index contributed by atoms with van der Waals surface area (Å²) in [4.78, 5) is 12.9. The second-order valence-corrected chi connectivity index (χ2v) is 9.34. The zero-order chi connectivity index (χ0) is 25.2. The molecule has 0 aromatic heterocycles. The summed E-state index contributed by atoms with van der Waals surface area (Å²) in [5.74, 6) is -1.65. The Bertz CT molecular complexity index is 1110. The zero-order valence-corrected chi connectivity index (χ0v) is 19.9. The molecule has 1 unspecified atom stereocenters. The maximum absolute atomic E-state index is 12.9. The topological polar surface area (TPSA) is 137 Å². The van der Waals surface area contributed by atoms with E-state index in [0.29, 0.717) is 12.0 Å².